The van der Waals surface area contributed by atoms with Gasteiger partial charge in [0.2, 0.25) is 0 Å². The number of carbonyl (C=O) groups is 1. The first-order valence-corrected chi connectivity index (χ1v) is 4.53. The van der Waals surface area contributed by atoms with Crippen LogP contribution in [0, 0.1) is 0 Å². The third-order valence-electron chi connectivity index (χ3n) is 1.17. The van der Waals surface area contributed by atoms with Crippen LogP contribution in [0.1, 0.15) is 13.8 Å². The number of aliphatic hydroxyl groups is 1. The van der Waals surface area contributed by atoms with Crippen LogP contribution in [0.2, 0.25) is 0 Å². The number of hydrogen-bond acceptors (Lipinski definition) is 4. The number of aliphatic hydroxyl groups excluding tert-OH is 1. The molecule has 92 valence electrons. The molecule has 0 unspecified atom stereocenters. The minimum Gasteiger partial charge on any atom is -0.463 e. The number of nitrogens with zero attached hydrogens (tertiary/aromatic N) is 1. The molecule has 0 saturated heterocycles. The molecule has 0 atom stereocenters. The van der Waals surface area contributed by atoms with Crippen molar-refractivity contribution in [2.45, 2.75) is 13.8 Å². The standard InChI is InChI=1S/C6H10O2.C4H11NO.ClH/c1-4-8-6(7)5(2)3;1-5(2)3-4-6;/h2,4H2,1,3H3;6H,3-4H2,1-2H3;1H. The molecule has 0 bridgehead atoms. The fraction of sp³-hybridized carbons (Fsp3) is 0.700. The van der Waals surface area contributed by atoms with Gasteiger partial charge in [-0.2, -0.15) is 0 Å². The van der Waals surface area contributed by atoms with Gasteiger partial charge in [0.15, 0.2) is 0 Å². The minimum atomic E-state index is -0.312. The van der Waals surface area contributed by atoms with Crippen LogP contribution < -0.4 is 0 Å². The number of likely N-dealkylation sites (N-methyl/N-ethyl adjacent to an activating group) is 1. The Morgan fingerprint density at radius 1 is 1.47 bits per heavy atom. The summed E-state index contributed by atoms with van der Waals surface area (Å²) in [5.74, 6) is -0.312. The molecule has 0 aliphatic rings. The van der Waals surface area contributed by atoms with Gasteiger partial charge in [0.05, 0.1) is 13.2 Å². The Bertz CT molecular complexity index is 172. The van der Waals surface area contributed by atoms with Gasteiger partial charge in [-0.1, -0.05) is 6.58 Å². The molecular formula is C10H22ClNO3. The summed E-state index contributed by atoms with van der Waals surface area (Å²) in [6.45, 7) is 8.23. The lowest BCUT2D eigenvalue weighted by atomic mass is 10.4. The fourth-order valence-corrected chi connectivity index (χ4v) is 0.454. The molecular weight excluding hydrogens is 218 g/mol. The third kappa shape index (κ3) is 19.7. The maximum atomic E-state index is 10.4. The molecule has 0 rings (SSSR count). The molecule has 0 aromatic rings. The van der Waals surface area contributed by atoms with Gasteiger partial charge in [0, 0.05) is 12.1 Å². The summed E-state index contributed by atoms with van der Waals surface area (Å²) in [6.07, 6.45) is 0. The quantitative estimate of drug-likeness (QED) is 0.590. The summed E-state index contributed by atoms with van der Waals surface area (Å²) < 4.78 is 4.56. The first-order valence-electron chi connectivity index (χ1n) is 4.53. The molecule has 0 aromatic carbocycles. The zero-order chi connectivity index (χ0) is 11.6. The van der Waals surface area contributed by atoms with E-state index in [-0.39, 0.29) is 25.0 Å². The highest BCUT2D eigenvalue weighted by Crippen LogP contribution is 1.89. The van der Waals surface area contributed by atoms with Crippen molar-refractivity contribution in [2.24, 2.45) is 0 Å². The summed E-state index contributed by atoms with van der Waals surface area (Å²) in [5, 5.41) is 8.20. The number of ether oxygens (including phenoxy) is 1. The molecule has 0 heterocycles. The van der Waals surface area contributed by atoms with E-state index >= 15 is 0 Å². The van der Waals surface area contributed by atoms with E-state index in [9.17, 15) is 4.79 Å². The highest BCUT2D eigenvalue weighted by Gasteiger charge is 1.98. The van der Waals surface area contributed by atoms with E-state index < -0.39 is 0 Å². The lowest BCUT2D eigenvalue weighted by Crippen LogP contribution is -2.15. The van der Waals surface area contributed by atoms with Crippen LogP contribution in [0.4, 0.5) is 0 Å². The molecule has 1 N–H and O–H groups in total. The molecule has 0 aliphatic carbocycles. The van der Waals surface area contributed by atoms with Gasteiger partial charge in [-0.25, -0.2) is 4.79 Å². The van der Waals surface area contributed by atoms with Crippen molar-refractivity contribution in [1.82, 2.24) is 4.90 Å². The predicted octanol–water partition coefficient (Wildman–Crippen LogP) is 1.09. The Morgan fingerprint density at radius 3 is 2.00 bits per heavy atom. The zero-order valence-corrected chi connectivity index (χ0v) is 10.8. The molecule has 0 fully saturated rings. The molecule has 0 saturated carbocycles. The van der Waals surface area contributed by atoms with E-state index in [1.54, 1.807) is 13.8 Å². The van der Waals surface area contributed by atoms with Crippen molar-refractivity contribution >= 4 is 18.4 Å². The van der Waals surface area contributed by atoms with E-state index in [0.29, 0.717) is 12.2 Å². The van der Waals surface area contributed by atoms with Crippen molar-refractivity contribution in [3.63, 3.8) is 0 Å². The number of rotatable bonds is 4. The Hall–Kier alpha value is -0.580. The zero-order valence-electron chi connectivity index (χ0n) is 9.95. The van der Waals surface area contributed by atoms with E-state index in [0.717, 1.165) is 6.54 Å². The highest BCUT2D eigenvalue weighted by molar-refractivity contribution is 5.86. The Kier molecular flexibility index (Phi) is 17.8. The maximum absolute atomic E-state index is 10.4. The fourth-order valence-electron chi connectivity index (χ4n) is 0.454. The molecule has 5 heteroatoms. The number of halogens is 1. The normalized spacial score (nSPS) is 8.40. The summed E-state index contributed by atoms with van der Waals surface area (Å²) in [4.78, 5) is 12.4. The summed E-state index contributed by atoms with van der Waals surface area (Å²) >= 11 is 0. The molecule has 0 amide bonds. The largest absolute Gasteiger partial charge is 0.463 e. The SMILES string of the molecule is C=C(C)C(=O)OCC.CN(C)CCO.Cl. The first-order chi connectivity index (χ1) is 6.45. The lowest BCUT2D eigenvalue weighted by Gasteiger charge is -2.03. The van der Waals surface area contributed by atoms with Crippen LogP contribution in [0.15, 0.2) is 12.2 Å². The van der Waals surface area contributed by atoms with Gasteiger partial charge in [0.1, 0.15) is 0 Å². The van der Waals surface area contributed by atoms with E-state index in [4.69, 9.17) is 5.11 Å². The lowest BCUT2D eigenvalue weighted by molar-refractivity contribution is -0.138. The van der Waals surface area contributed by atoms with Crippen molar-refractivity contribution in [3.05, 3.63) is 12.2 Å². The highest BCUT2D eigenvalue weighted by atomic mass is 35.5. The van der Waals surface area contributed by atoms with E-state index in [1.165, 1.54) is 0 Å². The van der Waals surface area contributed by atoms with Gasteiger partial charge in [-0.05, 0) is 27.9 Å². The number of esters is 1. The summed E-state index contributed by atoms with van der Waals surface area (Å²) in [6, 6.07) is 0. The van der Waals surface area contributed by atoms with Gasteiger partial charge in [-0.15, -0.1) is 12.4 Å². The predicted molar refractivity (Wildman–Crippen MR) is 64.3 cm³/mol. The maximum Gasteiger partial charge on any atom is 0.333 e. The van der Waals surface area contributed by atoms with Crippen LogP contribution >= 0.6 is 12.4 Å². The third-order valence-corrected chi connectivity index (χ3v) is 1.17. The van der Waals surface area contributed by atoms with Gasteiger partial charge in [0.25, 0.3) is 0 Å². The Morgan fingerprint density at radius 2 is 1.93 bits per heavy atom. The molecule has 4 nitrogen and oxygen atoms in total. The van der Waals surface area contributed by atoms with E-state index in [2.05, 4.69) is 11.3 Å². The van der Waals surface area contributed by atoms with Crippen LogP contribution in [0.3, 0.4) is 0 Å². The molecule has 0 spiro atoms. The summed E-state index contributed by atoms with van der Waals surface area (Å²) in [5.41, 5.74) is 0.451. The van der Waals surface area contributed by atoms with Crippen molar-refractivity contribution in [1.29, 1.82) is 0 Å². The molecule has 15 heavy (non-hydrogen) atoms. The molecule has 0 aliphatic heterocycles. The minimum absolute atomic E-state index is 0. The number of carbonyl (C=O) groups excluding carboxylic acids is 1. The van der Waals surface area contributed by atoms with Crippen LogP contribution in [0.25, 0.3) is 0 Å². The average molecular weight is 240 g/mol. The van der Waals surface area contributed by atoms with Crippen LogP contribution in [0.5, 0.6) is 0 Å². The second kappa shape index (κ2) is 13.4. The van der Waals surface area contributed by atoms with Gasteiger partial charge >= 0.3 is 5.97 Å². The second-order valence-corrected chi connectivity index (χ2v) is 3.03. The topological polar surface area (TPSA) is 49.8 Å². The first kappa shape index (κ1) is 19.9. The van der Waals surface area contributed by atoms with Gasteiger partial charge in [-0.3, -0.25) is 0 Å². The van der Waals surface area contributed by atoms with Crippen molar-refractivity contribution < 1.29 is 14.6 Å². The van der Waals surface area contributed by atoms with Crippen molar-refractivity contribution in [3.8, 4) is 0 Å². The summed E-state index contributed by atoms with van der Waals surface area (Å²) in [7, 11) is 3.85. The Labute approximate surface area is 98.3 Å². The monoisotopic (exact) mass is 239 g/mol. The molecule has 0 aromatic heterocycles. The van der Waals surface area contributed by atoms with Crippen molar-refractivity contribution in [2.75, 3.05) is 33.9 Å². The van der Waals surface area contributed by atoms with E-state index in [1.807, 2.05) is 19.0 Å². The second-order valence-electron chi connectivity index (χ2n) is 3.03. The smallest absolute Gasteiger partial charge is 0.333 e. The number of hydrogen-bond donors (Lipinski definition) is 1. The van der Waals surface area contributed by atoms with Crippen LogP contribution in [-0.4, -0.2) is 49.8 Å². The Balaban J connectivity index is -0.000000187. The van der Waals surface area contributed by atoms with Crippen LogP contribution in [-0.2, 0) is 9.53 Å². The average Bonchev–Trinajstić information content (AvgIpc) is 2.05. The van der Waals surface area contributed by atoms with Gasteiger partial charge < -0.3 is 14.7 Å². The molecule has 0 radical (unpaired) electrons.